The van der Waals surface area contributed by atoms with Crippen LogP contribution in [-0.2, 0) is 13.6 Å². The first kappa shape index (κ1) is 30.1. The standard InChI is InChI=1S/C32H37ClN8O2/c1-5-13-41(25-9-7-24(8-10-25)30(42)35-11-6-14-39-15-12-34-22-39)23(2)26-20-27-29(21-28(26)33)36-32(38(4)31(27)43)40-18-16-37(3)17-19-40/h1,7-10,12,15,20-23H,6,11,13-14,16-19H2,2-4H3,(H,35,42). The molecule has 0 spiro atoms. The first-order valence-corrected chi connectivity index (χ1v) is 14.8. The van der Waals surface area contributed by atoms with E-state index in [1.165, 1.54) is 0 Å². The molecule has 1 saturated heterocycles. The van der Waals surface area contributed by atoms with E-state index in [4.69, 9.17) is 23.0 Å². The van der Waals surface area contributed by atoms with Gasteiger partial charge in [0.25, 0.3) is 11.5 Å². The van der Waals surface area contributed by atoms with Crippen LogP contribution in [0.2, 0.25) is 5.02 Å². The number of carbonyl (C=O) groups excluding carboxylic acids is 1. The van der Waals surface area contributed by atoms with E-state index in [9.17, 15) is 9.59 Å². The number of nitrogens with zero attached hydrogens (tertiary/aromatic N) is 7. The van der Waals surface area contributed by atoms with Crippen LogP contribution in [-0.4, -0.2) is 76.2 Å². The number of nitrogens with one attached hydrogen (secondary N) is 1. The second kappa shape index (κ2) is 13.3. The fraction of sp³-hybridized carbons (Fsp3) is 0.375. The zero-order chi connectivity index (χ0) is 30.5. The van der Waals surface area contributed by atoms with Crippen LogP contribution in [0.25, 0.3) is 10.9 Å². The van der Waals surface area contributed by atoms with Crippen molar-refractivity contribution in [2.45, 2.75) is 25.9 Å². The number of carbonyl (C=O) groups is 1. The van der Waals surface area contributed by atoms with Gasteiger partial charge in [-0.25, -0.2) is 9.97 Å². The SMILES string of the molecule is C#CCN(c1ccc(C(=O)NCCCn2ccnc2)cc1)C(C)c1cc2c(=O)n(C)c(N3CCN(C)CC3)nc2cc1Cl. The van der Waals surface area contributed by atoms with Crippen molar-refractivity contribution in [2.75, 3.05) is 56.1 Å². The molecule has 43 heavy (non-hydrogen) atoms. The van der Waals surface area contributed by atoms with Gasteiger partial charge in [-0.2, -0.15) is 0 Å². The minimum Gasteiger partial charge on any atom is -0.354 e. The van der Waals surface area contributed by atoms with Crippen molar-refractivity contribution in [1.29, 1.82) is 0 Å². The number of likely N-dealkylation sites (N-methyl/N-ethyl adjacent to an activating group) is 1. The lowest BCUT2D eigenvalue weighted by atomic mass is 10.0. The molecule has 1 amide bonds. The van der Waals surface area contributed by atoms with E-state index in [0.717, 1.165) is 50.4 Å². The molecule has 5 rings (SSSR count). The first-order valence-electron chi connectivity index (χ1n) is 14.4. The lowest BCUT2D eigenvalue weighted by Crippen LogP contribution is -2.46. The van der Waals surface area contributed by atoms with E-state index in [-0.39, 0.29) is 17.5 Å². The fourth-order valence-corrected chi connectivity index (χ4v) is 5.73. The molecule has 2 aromatic heterocycles. The topological polar surface area (TPSA) is 91.5 Å². The molecule has 0 aliphatic carbocycles. The average molecular weight is 601 g/mol. The Balaban J connectivity index is 1.34. The van der Waals surface area contributed by atoms with Gasteiger partial charge in [-0.15, -0.1) is 6.42 Å². The summed E-state index contributed by atoms with van der Waals surface area (Å²) in [5.41, 5.74) is 2.63. The fourth-order valence-electron chi connectivity index (χ4n) is 5.41. The minimum absolute atomic E-state index is 0.118. The maximum atomic E-state index is 13.5. The van der Waals surface area contributed by atoms with E-state index in [2.05, 4.69) is 33.1 Å². The molecule has 1 N–H and O–H groups in total. The van der Waals surface area contributed by atoms with Gasteiger partial charge in [-0.05, 0) is 62.4 Å². The Kier molecular flexibility index (Phi) is 9.34. The summed E-state index contributed by atoms with van der Waals surface area (Å²) in [4.78, 5) is 41.5. The predicted molar refractivity (Wildman–Crippen MR) is 172 cm³/mol. The van der Waals surface area contributed by atoms with E-state index in [1.807, 2.05) is 40.8 Å². The highest BCUT2D eigenvalue weighted by molar-refractivity contribution is 6.32. The number of fused-ring (bicyclic) bond motifs is 1. The summed E-state index contributed by atoms with van der Waals surface area (Å²) in [6, 6.07) is 10.7. The zero-order valence-electron chi connectivity index (χ0n) is 24.8. The van der Waals surface area contributed by atoms with E-state index in [0.29, 0.717) is 40.5 Å². The molecule has 1 fully saturated rings. The molecule has 3 heterocycles. The molecule has 11 heteroatoms. The summed E-state index contributed by atoms with van der Waals surface area (Å²) in [5.74, 6) is 3.25. The normalized spacial score (nSPS) is 14.4. The van der Waals surface area contributed by atoms with Crippen LogP contribution in [0.5, 0.6) is 0 Å². The molecule has 1 atom stereocenters. The van der Waals surface area contributed by atoms with Crippen LogP contribution in [0.1, 0.15) is 35.3 Å². The summed E-state index contributed by atoms with van der Waals surface area (Å²) in [6.07, 6.45) is 12.0. The Hall–Kier alpha value is -4.33. The van der Waals surface area contributed by atoms with Crippen LogP contribution in [0.4, 0.5) is 11.6 Å². The number of hydrogen-bond donors (Lipinski definition) is 1. The third-order valence-corrected chi connectivity index (χ3v) is 8.36. The maximum Gasteiger partial charge on any atom is 0.262 e. The van der Waals surface area contributed by atoms with Gasteiger partial charge in [0.1, 0.15) is 0 Å². The molecule has 1 unspecified atom stereocenters. The number of hydrogen-bond acceptors (Lipinski definition) is 7. The quantitative estimate of drug-likeness (QED) is 0.220. The third kappa shape index (κ3) is 6.69. The van der Waals surface area contributed by atoms with Crippen molar-refractivity contribution in [2.24, 2.45) is 7.05 Å². The first-order chi connectivity index (χ1) is 20.8. The van der Waals surface area contributed by atoms with E-state index < -0.39 is 0 Å². The largest absolute Gasteiger partial charge is 0.354 e. The highest BCUT2D eigenvalue weighted by Crippen LogP contribution is 2.33. The summed E-state index contributed by atoms with van der Waals surface area (Å²) in [5, 5.41) is 3.99. The van der Waals surface area contributed by atoms with Gasteiger partial charge in [0, 0.05) is 75.0 Å². The smallest absolute Gasteiger partial charge is 0.262 e. The van der Waals surface area contributed by atoms with Gasteiger partial charge >= 0.3 is 0 Å². The lowest BCUT2D eigenvalue weighted by molar-refractivity contribution is 0.0952. The van der Waals surface area contributed by atoms with Crippen LogP contribution >= 0.6 is 11.6 Å². The molecule has 0 saturated carbocycles. The number of anilines is 2. The Morgan fingerprint density at radius 1 is 1.16 bits per heavy atom. The number of aromatic nitrogens is 4. The number of halogens is 1. The van der Waals surface area contributed by atoms with Crippen molar-refractivity contribution in [3.05, 3.63) is 81.6 Å². The average Bonchev–Trinajstić information content (AvgIpc) is 3.53. The van der Waals surface area contributed by atoms with Crippen LogP contribution in [0, 0.1) is 12.3 Å². The van der Waals surface area contributed by atoms with Crippen molar-refractivity contribution >= 4 is 40.0 Å². The highest BCUT2D eigenvalue weighted by Gasteiger charge is 2.23. The molecule has 2 aromatic carbocycles. The molecule has 0 bridgehead atoms. The minimum atomic E-state index is -0.252. The number of aryl methyl sites for hydroxylation is 1. The van der Waals surface area contributed by atoms with Gasteiger partial charge in [-0.3, -0.25) is 14.2 Å². The van der Waals surface area contributed by atoms with E-state index >= 15 is 0 Å². The third-order valence-electron chi connectivity index (χ3n) is 8.03. The highest BCUT2D eigenvalue weighted by atomic mass is 35.5. The maximum absolute atomic E-state index is 13.5. The molecular weight excluding hydrogens is 564 g/mol. The summed E-state index contributed by atoms with van der Waals surface area (Å²) >= 11 is 6.83. The number of rotatable bonds is 10. The lowest BCUT2D eigenvalue weighted by Gasteiger charge is -2.34. The molecule has 10 nitrogen and oxygen atoms in total. The van der Waals surface area contributed by atoms with Crippen molar-refractivity contribution in [3.63, 3.8) is 0 Å². The van der Waals surface area contributed by atoms with Gasteiger partial charge in [0.05, 0.1) is 29.8 Å². The number of piperazine rings is 1. The molecule has 1 aliphatic heterocycles. The Labute approximate surface area is 256 Å². The predicted octanol–water partition coefficient (Wildman–Crippen LogP) is 3.56. The number of imidazole rings is 1. The van der Waals surface area contributed by atoms with Crippen LogP contribution < -0.4 is 20.7 Å². The van der Waals surface area contributed by atoms with Crippen molar-refractivity contribution < 1.29 is 4.79 Å². The summed E-state index contributed by atoms with van der Waals surface area (Å²) in [6.45, 7) is 7.09. The van der Waals surface area contributed by atoms with Crippen LogP contribution in [0.15, 0.2) is 59.9 Å². The van der Waals surface area contributed by atoms with E-state index in [1.54, 1.807) is 42.3 Å². The Morgan fingerprint density at radius 3 is 2.58 bits per heavy atom. The Morgan fingerprint density at radius 2 is 1.91 bits per heavy atom. The zero-order valence-corrected chi connectivity index (χ0v) is 25.6. The second-order valence-corrected chi connectivity index (χ2v) is 11.3. The Bertz CT molecular complexity index is 1670. The monoisotopic (exact) mass is 600 g/mol. The van der Waals surface area contributed by atoms with Gasteiger partial charge < -0.3 is 24.6 Å². The second-order valence-electron chi connectivity index (χ2n) is 10.9. The van der Waals surface area contributed by atoms with Gasteiger partial charge in [0.15, 0.2) is 0 Å². The molecule has 4 aromatic rings. The molecule has 224 valence electrons. The summed E-state index contributed by atoms with van der Waals surface area (Å²) in [7, 11) is 3.86. The number of amides is 1. The molecular formula is C32H37ClN8O2. The van der Waals surface area contributed by atoms with Gasteiger partial charge in [0.2, 0.25) is 5.95 Å². The van der Waals surface area contributed by atoms with Crippen LogP contribution in [0.3, 0.4) is 0 Å². The van der Waals surface area contributed by atoms with Gasteiger partial charge in [-0.1, -0.05) is 17.5 Å². The number of benzene rings is 2. The molecule has 0 radical (unpaired) electrons. The summed E-state index contributed by atoms with van der Waals surface area (Å²) < 4.78 is 3.60. The van der Waals surface area contributed by atoms with Crippen molar-refractivity contribution in [3.8, 4) is 12.3 Å². The molecule has 1 aliphatic rings. The van der Waals surface area contributed by atoms with Crippen molar-refractivity contribution in [1.82, 2.24) is 29.3 Å². The number of terminal acetylenes is 1.